The number of rotatable bonds is 4. The molecule has 1 N–H and O–H groups in total. The zero-order valence-corrected chi connectivity index (χ0v) is 15.7. The molecule has 0 saturated heterocycles. The average Bonchev–Trinajstić information content (AvgIpc) is 3.15. The number of benzene rings is 3. The first kappa shape index (κ1) is 16.8. The second-order valence-electron chi connectivity index (χ2n) is 6.45. The van der Waals surface area contributed by atoms with E-state index in [4.69, 9.17) is 0 Å². The van der Waals surface area contributed by atoms with E-state index in [1.807, 2.05) is 40.8 Å². The molecule has 0 atom stereocenters. The van der Waals surface area contributed by atoms with Crippen molar-refractivity contribution in [3.8, 4) is 11.3 Å². The van der Waals surface area contributed by atoms with E-state index in [0.717, 1.165) is 22.2 Å². The molecule has 136 valence electrons. The lowest BCUT2D eigenvalue weighted by molar-refractivity contribution is 0.921. The van der Waals surface area contributed by atoms with Crippen LogP contribution in [0.15, 0.2) is 88.8 Å². The lowest BCUT2D eigenvalue weighted by Gasteiger charge is -2.08. The summed E-state index contributed by atoms with van der Waals surface area (Å²) >= 11 is 1.61. The van der Waals surface area contributed by atoms with Crippen LogP contribution in [-0.2, 0) is 5.75 Å². The fraction of sp³-hybridized carbons (Fsp3) is 0.0455. The number of hydrogen-bond acceptors (Lipinski definition) is 4. The second-order valence-corrected chi connectivity index (χ2v) is 7.40. The molecule has 0 fully saturated rings. The molecule has 3 aromatic carbocycles. The first-order valence-corrected chi connectivity index (χ1v) is 9.91. The van der Waals surface area contributed by atoms with Crippen LogP contribution >= 0.6 is 11.8 Å². The van der Waals surface area contributed by atoms with E-state index in [9.17, 15) is 4.79 Å². The number of hydrogen-bond donors (Lipinski definition) is 1. The van der Waals surface area contributed by atoms with Crippen LogP contribution in [0.5, 0.6) is 0 Å². The summed E-state index contributed by atoms with van der Waals surface area (Å²) in [7, 11) is 0. The van der Waals surface area contributed by atoms with Gasteiger partial charge in [-0.3, -0.25) is 14.2 Å². The molecule has 5 aromatic rings. The number of aromatic amines is 1. The molecular weight excluding hydrogens is 368 g/mol. The molecule has 0 aliphatic heterocycles. The van der Waals surface area contributed by atoms with Crippen LogP contribution in [0.3, 0.4) is 0 Å². The summed E-state index contributed by atoms with van der Waals surface area (Å²) in [5.74, 6) is 1.21. The molecule has 5 nitrogen and oxygen atoms in total. The molecule has 0 saturated carbocycles. The second kappa shape index (κ2) is 6.98. The molecule has 5 rings (SSSR count). The van der Waals surface area contributed by atoms with Crippen molar-refractivity contribution in [2.24, 2.45) is 0 Å². The Hall–Kier alpha value is -3.38. The van der Waals surface area contributed by atoms with Crippen molar-refractivity contribution in [3.05, 3.63) is 94.8 Å². The van der Waals surface area contributed by atoms with Gasteiger partial charge < -0.3 is 0 Å². The van der Waals surface area contributed by atoms with Gasteiger partial charge in [0.25, 0.3) is 5.56 Å². The molecule has 0 spiro atoms. The van der Waals surface area contributed by atoms with E-state index in [-0.39, 0.29) is 5.56 Å². The van der Waals surface area contributed by atoms with E-state index in [2.05, 4.69) is 51.6 Å². The van der Waals surface area contributed by atoms with Crippen LogP contribution in [0.2, 0.25) is 0 Å². The Labute approximate surface area is 165 Å². The monoisotopic (exact) mass is 384 g/mol. The minimum absolute atomic E-state index is 0.190. The number of H-pyrrole nitrogens is 1. The molecule has 0 amide bonds. The summed E-state index contributed by atoms with van der Waals surface area (Å²) in [5, 5.41) is 11.7. The molecular formula is C22H16N4OS. The van der Waals surface area contributed by atoms with Crippen LogP contribution in [0.25, 0.3) is 27.8 Å². The summed E-state index contributed by atoms with van der Waals surface area (Å²) in [6.07, 6.45) is 0. The molecule has 2 aromatic heterocycles. The lowest BCUT2D eigenvalue weighted by atomic mass is 10.1. The molecule has 2 heterocycles. The highest BCUT2D eigenvalue weighted by Gasteiger charge is 2.14. The molecule has 6 heteroatoms. The van der Waals surface area contributed by atoms with Crippen LogP contribution in [-0.4, -0.2) is 19.6 Å². The quantitative estimate of drug-likeness (QED) is 0.463. The number of aromatic nitrogens is 4. The van der Waals surface area contributed by atoms with Crippen molar-refractivity contribution >= 4 is 28.3 Å². The Morgan fingerprint density at radius 1 is 0.893 bits per heavy atom. The van der Waals surface area contributed by atoms with Gasteiger partial charge in [-0.1, -0.05) is 84.6 Å². The van der Waals surface area contributed by atoms with Gasteiger partial charge in [0.2, 0.25) is 5.78 Å². The maximum atomic E-state index is 12.1. The van der Waals surface area contributed by atoms with Gasteiger partial charge >= 0.3 is 0 Å². The van der Waals surface area contributed by atoms with E-state index in [1.165, 1.54) is 16.3 Å². The Kier molecular flexibility index (Phi) is 4.18. The normalized spacial score (nSPS) is 11.3. The zero-order chi connectivity index (χ0) is 18.9. The third-order valence-corrected chi connectivity index (χ3v) is 5.66. The highest BCUT2D eigenvalue weighted by molar-refractivity contribution is 7.98. The van der Waals surface area contributed by atoms with Crippen molar-refractivity contribution in [2.45, 2.75) is 10.9 Å². The minimum atomic E-state index is -0.190. The van der Waals surface area contributed by atoms with Crippen LogP contribution in [0.4, 0.5) is 0 Å². The van der Waals surface area contributed by atoms with Gasteiger partial charge in [-0.15, -0.1) is 10.2 Å². The smallest absolute Gasteiger partial charge is 0.252 e. The van der Waals surface area contributed by atoms with Crippen molar-refractivity contribution < 1.29 is 0 Å². The van der Waals surface area contributed by atoms with E-state index < -0.39 is 0 Å². The number of nitrogens with zero attached hydrogens (tertiary/aromatic N) is 3. The van der Waals surface area contributed by atoms with Gasteiger partial charge in [-0.2, -0.15) is 0 Å². The molecule has 28 heavy (non-hydrogen) atoms. The van der Waals surface area contributed by atoms with Gasteiger partial charge in [0.1, 0.15) is 0 Å². The lowest BCUT2D eigenvalue weighted by Crippen LogP contribution is -2.09. The maximum Gasteiger partial charge on any atom is 0.252 e. The fourth-order valence-electron chi connectivity index (χ4n) is 3.38. The highest BCUT2D eigenvalue weighted by Crippen LogP contribution is 2.28. The molecule has 0 radical (unpaired) electrons. The van der Waals surface area contributed by atoms with E-state index in [0.29, 0.717) is 5.78 Å². The first-order chi connectivity index (χ1) is 13.8. The molecule has 0 aliphatic carbocycles. The largest absolute Gasteiger partial charge is 0.291 e. The highest BCUT2D eigenvalue weighted by atomic mass is 32.2. The Morgan fingerprint density at radius 3 is 2.57 bits per heavy atom. The van der Waals surface area contributed by atoms with E-state index >= 15 is 0 Å². The van der Waals surface area contributed by atoms with Crippen LogP contribution in [0, 0.1) is 0 Å². The van der Waals surface area contributed by atoms with E-state index in [1.54, 1.807) is 17.8 Å². The first-order valence-electron chi connectivity index (χ1n) is 8.93. The number of fused-ring (bicyclic) bond motifs is 2. The minimum Gasteiger partial charge on any atom is -0.291 e. The number of thioether (sulfide) groups is 1. The van der Waals surface area contributed by atoms with Crippen molar-refractivity contribution in [3.63, 3.8) is 0 Å². The standard InChI is InChI=1S/C22H16N4OS/c27-20-13-19(16-8-2-1-3-9-16)26-21(23-20)24-25-22(26)28-14-17-11-6-10-15-7-4-5-12-18(15)17/h1-13H,14H2,(H,23,24,27). The number of nitrogens with one attached hydrogen (secondary N) is 1. The zero-order valence-electron chi connectivity index (χ0n) is 14.9. The Bertz CT molecular complexity index is 1340. The Morgan fingerprint density at radius 2 is 1.68 bits per heavy atom. The molecule has 0 unspecified atom stereocenters. The maximum absolute atomic E-state index is 12.1. The summed E-state index contributed by atoms with van der Waals surface area (Å²) in [6.45, 7) is 0. The third kappa shape index (κ3) is 2.97. The summed E-state index contributed by atoms with van der Waals surface area (Å²) in [6, 6.07) is 26.1. The van der Waals surface area contributed by atoms with Crippen LogP contribution < -0.4 is 5.56 Å². The predicted molar refractivity (Wildman–Crippen MR) is 113 cm³/mol. The van der Waals surface area contributed by atoms with Gasteiger partial charge in [0.05, 0.1) is 5.69 Å². The SMILES string of the molecule is O=c1cc(-c2ccccc2)n2c(SCc3cccc4ccccc34)nnc2[nH]1. The van der Waals surface area contributed by atoms with Crippen molar-refractivity contribution in [2.75, 3.05) is 0 Å². The van der Waals surface area contributed by atoms with Crippen LogP contribution in [0.1, 0.15) is 5.56 Å². The van der Waals surface area contributed by atoms with Gasteiger partial charge in [0.15, 0.2) is 5.16 Å². The fourth-order valence-corrected chi connectivity index (χ4v) is 4.33. The topological polar surface area (TPSA) is 63.1 Å². The summed E-state index contributed by atoms with van der Waals surface area (Å²) in [5.41, 5.74) is 2.78. The third-order valence-electron chi connectivity index (χ3n) is 4.68. The summed E-state index contributed by atoms with van der Waals surface area (Å²) in [4.78, 5) is 14.8. The Balaban J connectivity index is 1.57. The van der Waals surface area contributed by atoms with Gasteiger partial charge in [0, 0.05) is 11.8 Å². The predicted octanol–water partition coefficient (Wildman–Crippen LogP) is 4.53. The molecule has 0 bridgehead atoms. The van der Waals surface area contributed by atoms with Crippen molar-refractivity contribution in [1.29, 1.82) is 0 Å². The van der Waals surface area contributed by atoms with Crippen molar-refractivity contribution in [1.82, 2.24) is 19.6 Å². The van der Waals surface area contributed by atoms with Gasteiger partial charge in [-0.25, -0.2) is 0 Å². The average molecular weight is 384 g/mol. The van der Waals surface area contributed by atoms with Gasteiger partial charge in [-0.05, 0) is 21.9 Å². The molecule has 0 aliphatic rings. The summed E-state index contributed by atoms with van der Waals surface area (Å²) < 4.78 is 1.91.